The van der Waals surface area contributed by atoms with Crippen LogP contribution in [0.15, 0.2) is 0 Å². The van der Waals surface area contributed by atoms with Gasteiger partial charge in [-0.05, 0) is 0 Å². The molecule has 15 heavy (non-hydrogen) atoms. The number of carbonyl (C=O) groups is 1. The third-order valence-electron chi connectivity index (χ3n) is 1.83. The molecule has 0 spiro atoms. The van der Waals surface area contributed by atoms with Crippen molar-refractivity contribution in [2.24, 2.45) is 0 Å². The Kier molecular flexibility index (Phi) is 9.79. The summed E-state index contributed by atoms with van der Waals surface area (Å²) in [5.41, 5.74) is 0. The Bertz CT molecular complexity index is 216. The van der Waals surface area contributed by atoms with E-state index in [1.54, 1.807) is 0 Å². The normalized spacial score (nSPS) is 39.9. The molecule has 0 aromatic rings. The summed E-state index contributed by atoms with van der Waals surface area (Å²) in [5, 5.41) is 44.4. The fraction of sp³-hybridized carbons (Fsp3) is 0.833. The van der Waals surface area contributed by atoms with Crippen LogP contribution in [0.4, 0.5) is 0 Å². The summed E-state index contributed by atoms with van der Waals surface area (Å²) in [6.07, 6.45) is -8.72. The van der Waals surface area contributed by atoms with Crippen LogP contribution in [0.25, 0.3) is 0 Å². The van der Waals surface area contributed by atoms with E-state index in [0.717, 1.165) is 0 Å². The molecule has 0 saturated carbocycles. The van der Waals surface area contributed by atoms with Crippen LogP contribution in [0.1, 0.15) is 0 Å². The van der Waals surface area contributed by atoms with Gasteiger partial charge in [0, 0.05) is 0 Å². The second kappa shape index (κ2) is 7.78. The average molecular weight is 260 g/mol. The third-order valence-corrected chi connectivity index (χ3v) is 1.83. The molecular formula is C6H13CaNaO7. The van der Waals surface area contributed by atoms with Crippen LogP contribution in [0.5, 0.6) is 0 Å². The predicted octanol–water partition coefficient (Wildman–Crippen LogP) is -4.69. The van der Waals surface area contributed by atoms with E-state index in [9.17, 15) is 4.79 Å². The zero-order valence-corrected chi connectivity index (χ0v) is 6.44. The summed E-state index contributed by atoms with van der Waals surface area (Å²) in [6.45, 7) is 0. The first kappa shape index (κ1) is 18.9. The van der Waals surface area contributed by atoms with Crippen molar-refractivity contribution in [3.05, 3.63) is 0 Å². The fourth-order valence-electron chi connectivity index (χ4n) is 1.07. The number of hydrogen-bond acceptors (Lipinski definition) is 6. The minimum atomic E-state index is -1.81. The summed E-state index contributed by atoms with van der Waals surface area (Å²) in [6, 6.07) is 0. The predicted molar refractivity (Wildman–Crippen MR) is 52.2 cm³/mol. The maximum atomic E-state index is 10.4. The molecule has 1 aliphatic rings. The van der Waals surface area contributed by atoms with Gasteiger partial charge in [0.2, 0.25) is 0 Å². The number of aliphatic hydroxyl groups excluding tert-OH is 4. The second-order valence-electron chi connectivity index (χ2n) is 2.76. The molecular weight excluding hydrogens is 247 g/mol. The van der Waals surface area contributed by atoms with Gasteiger partial charge in [0.25, 0.3) is 0 Å². The monoisotopic (exact) mass is 260 g/mol. The van der Waals surface area contributed by atoms with E-state index in [-0.39, 0.29) is 67.3 Å². The van der Waals surface area contributed by atoms with Crippen LogP contribution < -0.4 is 0 Å². The molecule has 0 radical (unpaired) electrons. The molecule has 0 amide bonds. The van der Waals surface area contributed by atoms with Crippen molar-refractivity contribution in [1.82, 2.24) is 0 Å². The maximum absolute atomic E-state index is 10.4. The molecule has 1 heterocycles. The number of carboxylic acid groups (broad SMARTS) is 1. The van der Waals surface area contributed by atoms with Crippen molar-refractivity contribution in [3.63, 3.8) is 0 Å². The van der Waals surface area contributed by atoms with E-state index in [2.05, 4.69) is 4.74 Å². The molecule has 0 bridgehead atoms. The summed E-state index contributed by atoms with van der Waals surface area (Å²) in [7, 11) is 0. The van der Waals surface area contributed by atoms with Gasteiger partial charge in [0.1, 0.15) is 18.3 Å². The quantitative estimate of drug-likeness (QED) is 0.300. The van der Waals surface area contributed by atoms with Crippen LogP contribution in [-0.4, -0.2) is 130 Å². The van der Waals surface area contributed by atoms with Crippen molar-refractivity contribution >= 4 is 73.3 Å². The van der Waals surface area contributed by atoms with E-state index in [1.807, 2.05) is 0 Å². The number of aliphatic hydroxyl groups is 4. The second-order valence-corrected chi connectivity index (χ2v) is 2.76. The van der Waals surface area contributed by atoms with Gasteiger partial charge in [-0.25, -0.2) is 4.79 Å². The van der Waals surface area contributed by atoms with Crippen LogP contribution in [0.2, 0.25) is 0 Å². The van der Waals surface area contributed by atoms with Gasteiger partial charge >= 0.3 is 73.3 Å². The molecule has 1 saturated heterocycles. The summed E-state index contributed by atoms with van der Waals surface area (Å²) in [5.74, 6) is -1.52. The first-order valence-corrected chi connectivity index (χ1v) is 3.55. The summed E-state index contributed by atoms with van der Waals surface area (Å²) in [4.78, 5) is 10.4. The van der Waals surface area contributed by atoms with Crippen molar-refractivity contribution < 1.29 is 35.1 Å². The number of aliphatic carboxylic acids is 1. The summed E-state index contributed by atoms with van der Waals surface area (Å²) >= 11 is 0. The van der Waals surface area contributed by atoms with E-state index in [0.29, 0.717) is 0 Å². The van der Waals surface area contributed by atoms with Crippen molar-refractivity contribution in [2.75, 3.05) is 0 Å². The molecule has 9 heteroatoms. The van der Waals surface area contributed by atoms with Gasteiger partial charge in [-0.15, -0.1) is 0 Å². The van der Waals surface area contributed by atoms with Gasteiger partial charge in [0.05, 0.1) is 0 Å². The molecule has 0 aliphatic carbocycles. The van der Waals surface area contributed by atoms with Crippen LogP contribution >= 0.6 is 0 Å². The zero-order chi connectivity index (χ0) is 10.2. The van der Waals surface area contributed by atoms with Crippen LogP contribution in [-0.2, 0) is 9.53 Å². The number of carboxylic acids is 1. The SMILES string of the molecule is O=C(O)[C@H]1O[C@@H](O)[C@H](O)[C@@H](O)[C@@H]1O.[CaH2].[NaH]. The Balaban J connectivity index is 0. The molecule has 0 unspecified atom stereocenters. The molecule has 7 nitrogen and oxygen atoms in total. The van der Waals surface area contributed by atoms with Crippen LogP contribution in [0, 0.1) is 0 Å². The van der Waals surface area contributed by atoms with Crippen molar-refractivity contribution in [3.8, 4) is 0 Å². The number of hydrogen-bond donors (Lipinski definition) is 5. The van der Waals surface area contributed by atoms with E-state index in [1.165, 1.54) is 0 Å². The minimum absolute atomic E-state index is 0. The molecule has 1 fully saturated rings. The van der Waals surface area contributed by atoms with Gasteiger partial charge in [-0.3, -0.25) is 0 Å². The molecule has 0 aromatic heterocycles. The molecule has 82 valence electrons. The van der Waals surface area contributed by atoms with E-state index < -0.39 is 36.7 Å². The van der Waals surface area contributed by atoms with Crippen LogP contribution in [0.3, 0.4) is 0 Å². The first-order chi connectivity index (χ1) is 5.95. The molecule has 0 aromatic carbocycles. The molecule has 5 atom stereocenters. The number of ether oxygens (including phenoxy) is 1. The van der Waals surface area contributed by atoms with Crippen molar-refractivity contribution in [1.29, 1.82) is 0 Å². The number of rotatable bonds is 1. The van der Waals surface area contributed by atoms with Gasteiger partial charge in [-0.2, -0.15) is 0 Å². The standard InChI is InChI=1S/C6H10O7.Ca.Na.3H/c7-1-2(8)4(5(10)11)13-6(12)3(1)9;;;;;/h1-4,6-9,12H,(H,10,11);;;;;/t1-,2-,3+,4-,6+;;;;;/m0...../s1. The Morgan fingerprint density at radius 2 is 1.47 bits per heavy atom. The Morgan fingerprint density at radius 3 is 1.87 bits per heavy atom. The fourth-order valence-corrected chi connectivity index (χ4v) is 1.07. The summed E-state index contributed by atoms with van der Waals surface area (Å²) < 4.78 is 4.34. The Hall–Kier alpha value is 1.53. The average Bonchev–Trinajstić information content (AvgIpc) is 2.07. The first-order valence-electron chi connectivity index (χ1n) is 3.55. The van der Waals surface area contributed by atoms with Gasteiger partial charge in [-0.1, -0.05) is 0 Å². The molecule has 5 N–H and O–H groups in total. The topological polar surface area (TPSA) is 127 Å². The molecule has 1 aliphatic heterocycles. The molecule has 1 rings (SSSR count). The van der Waals surface area contributed by atoms with E-state index in [4.69, 9.17) is 25.5 Å². The Morgan fingerprint density at radius 1 is 1.00 bits per heavy atom. The van der Waals surface area contributed by atoms with Gasteiger partial charge in [0.15, 0.2) is 12.4 Å². The van der Waals surface area contributed by atoms with Gasteiger partial charge < -0.3 is 30.3 Å². The zero-order valence-electron chi connectivity index (χ0n) is 6.44. The van der Waals surface area contributed by atoms with Crippen molar-refractivity contribution in [2.45, 2.75) is 30.7 Å². The third kappa shape index (κ3) is 4.36. The Labute approximate surface area is 137 Å². The van der Waals surface area contributed by atoms with E-state index >= 15 is 0 Å².